The van der Waals surface area contributed by atoms with E-state index in [1.54, 1.807) is 0 Å². The molecule has 0 spiro atoms. The quantitative estimate of drug-likeness (QED) is 0.190. The Bertz CT molecular complexity index is 1450. The number of anilines is 1. The molecule has 2 heterocycles. The van der Waals surface area contributed by atoms with Crippen LogP contribution in [-0.4, -0.2) is 37.7 Å². The summed E-state index contributed by atoms with van der Waals surface area (Å²) in [6, 6.07) is 23.3. The van der Waals surface area contributed by atoms with Crippen LogP contribution in [0.5, 0.6) is 0 Å². The number of hydrogen-bond acceptors (Lipinski definition) is 6. The predicted octanol–water partition coefficient (Wildman–Crippen LogP) is 5.75. The molecule has 1 amide bonds. The second-order valence-electron chi connectivity index (χ2n) is 10.4. The number of nitrogens with zero attached hydrogens (tertiary/aromatic N) is 2. The molecule has 3 aromatic carbocycles. The molecule has 0 aliphatic carbocycles. The van der Waals surface area contributed by atoms with Crippen LogP contribution in [0.4, 0.5) is 5.69 Å². The largest absolute Gasteiger partial charge is 0.481 e. The molecular weight excluding hydrogens is 522 g/mol. The number of fused-ring (bicyclic) bond motifs is 1. The Kier molecular flexibility index (Phi) is 9.40. The molecule has 41 heavy (non-hydrogen) atoms. The third kappa shape index (κ3) is 7.58. The van der Waals surface area contributed by atoms with Crippen molar-refractivity contribution in [2.75, 3.05) is 5.32 Å². The first-order valence-corrected chi connectivity index (χ1v) is 14.0. The molecule has 1 saturated heterocycles. The van der Waals surface area contributed by atoms with Crippen LogP contribution >= 0.6 is 0 Å². The van der Waals surface area contributed by atoms with E-state index in [-0.39, 0.29) is 31.1 Å². The van der Waals surface area contributed by atoms with Crippen LogP contribution in [-0.2, 0) is 32.2 Å². The molecular formula is C32H35N3O6. The summed E-state index contributed by atoms with van der Waals surface area (Å²) in [6.07, 6.45) is 3.93. The number of aliphatic hydroxyl groups is 1. The minimum atomic E-state index is -0.812. The summed E-state index contributed by atoms with van der Waals surface area (Å²) >= 11 is 0. The van der Waals surface area contributed by atoms with Gasteiger partial charge in [-0.25, -0.2) is 4.98 Å². The van der Waals surface area contributed by atoms with E-state index in [1.807, 2.05) is 79.1 Å². The van der Waals surface area contributed by atoms with Crippen LogP contribution in [0.3, 0.4) is 0 Å². The zero-order valence-corrected chi connectivity index (χ0v) is 22.8. The van der Waals surface area contributed by atoms with Gasteiger partial charge in [-0.15, -0.1) is 0 Å². The summed E-state index contributed by atoms with van der Waals surface area (Å²) in [7, 11) is 0. The van der Waals surface area contributed by atoms with E-state index in [0.717, 1.165) is 27.7 Å². The van der Waals surface area contributed by atoms with Crippen molar-refractivity contribution < 1.29 is 29.3 Å². The van der Waals surface area contributed by atoms with E-state index < -0.39 is 12.3 Å². The molecule has 1 aliphatic rings. The molecule has 1 aromatic heterocycles. The van der Waals surface area contributed by atoms with Crippen molar-refractivity contribution in [1.82, 2.24) is 9.55 Å². The standard InChI is InChI=1S/C32H35N3O6/c36-20-22-10-12-23(13-11-22)29-18-26(19-35-21-33-27-6-4-5-7-28(27)35)40-32(41-29)24-14-16-25(17-15-24)34-30(37)8-2-1-3-9-31(38)39/h4-7,10-17,21,26,29,32,36H,1-3,8-9,18-20H2,(H,34,37)(H,38,39). The summed E-state index contributed by atoms with van der Waals surface area (Å²) in [6.45, 7) is 0.605. The number of carboxylic acids is 1. The van der Waals surface area contributed by atoms with Crippen molar-refractivity contribution in [3.05, 3.63) is 95.8 Å². The maximum atomic E-state index is 12.3. The maximum absolute atomic E-state index is 12.3. The van der Waals surface area contributed by atoms with E-state index in [4.69, 9.17) is 14.6 Å². The highest BCUT2D eigenvalue weighted by Gasteiger charge is 2.32. The van der Waals surface area contributed by atoms with Gasteiger partial charge in [0, 0.05) is 30.5 Å². The van der Waals surface area contributed by atoms with Crippen molar-refractivity contribution in [1.29, 1.82) is 0 Å². The number of benzene rings is 3. The summed E-state index contributed by atoms with van der Waals surface area (Å²) in [4.78, 5) is 27.5. The number of imidazole rings is 1. The molecule has 0 radical (unpaired) electrons. The van der Waals surface area contributed by atoms with Gasteiger partial charge in [-0.05, 0) is 48.2 Å². The van der Waals surface area contributed by atoms with Gasteiger partial charge in [-0.1, -0.05) is 55.0 Å². The van der Waals surface area contributed by atoms with Crippen LogP contribution in [0.15, 0.2) is 79.1 Å². The smallest absolute Gasteiger partial charge is 0.303 e. The molecule has 1 aliphatic heterocycles. The number of para-hydroxylation sites is 2. The van der Waals surface area contributed by atoms with Gasteiger partial charge in [0.15, 0.2) is 6.29 Å². The third-order valence-electron chi connectivity index (χ3n) is 7.30. The Morgan fingerprint density at radius 1 is 0.902 bits per heavy atom. The van der Waals surface area contributed by atoms with E-state index in [9.17, 15) is 14.7 Å². The fraction of sp³-hybridized carbons (Fsp3) is 0.344. The Morgan fingerprint density at radius 3 is 2.39 bits per heavy atom. The zero-order chi connectivity index (χ0) is 28.6. The van der Waals surface area contributed by atoms with Crippen molar-refractivity contribution >= 4 is 28.6 Å². The molecule has 3 atom stereocenters. The normalized spacial score (nSPS) is 18.8. The zero-order valence-electron chi connectivity index (χ0n) is 22.8. The van der Waals surface area contributed by atoms with Gasteiger partial charge >= 0.3 is 5.97 Å². The maximum Gasteiger partial charge on any atom is 0.303 e. The van der Waals surface area contributed by atoms with Gasteiger partial charge in [0.1, 0.15) is 0 Å². The first-order valence-electron chi connectivity index (χ1n) is 14.0. The van der Waals surface area contributed by atoms with Crippen LogP contribution in [0.25, 0.3) is 11.0 Å². The van der Waals surface area contributed by atoms with Crippen LogP contribution in [0.2, 0.25) is 0 Å². The van der Waals surface area contributed by atoms with Crippen molar-refractivity contribution in [3.8, 4) is 0 Å². The van der Waals surface area contributed by atoms with Gasteiger partial charge in [-0.3, -0.25) is 9.59 Å². The molecule has 3 unspecified atom stereocenters. The molecule has 214 valence electrons. The van der Waals surface area contributed by atoms with Gasteiger partial charge in [0.25, 0.3) is 0 Å². The van der Waals surface area contributed by atoms with E-state index in [1.165, 1.54) is 0 Å². The average Bonchev–Trinajstić information content (AvgIpc) is 3.39. The Morgan fingerprint density at radius 2 is 1.63 bits per heavy atom. The first-order chi connectivity index (χ1) is 20.0. The molecule has 9 heteroatoms. The van der Waals surface area contributed by atoms with Gasteiger partial charge in [-0.2, -0.15) is 0 Å². The number of rotatable bonds is 12. The highest BCUT2D eigenvalue weighted by atomic mass is 16.7. The van der Waals surface area contributed by atoms with E-state index in [2.05, 4.69) is 14.9 Å². The molecule has 4 aromatic rings. The van der Waals surface area contributed by atoms with Crippen LogP contribution in [0.1, 0.15) is 67.6 Å². The number of carbonyl (C=O) groups excluding carboxylic acids is 1. The number of aliphatic hydroxyl groups excluding tert-OH is 1. The summed E-state index contributed by atoms with van der Waals surface area (Å²) in [5.41, 5.74) is 5.36. The molecule has 3 N–H and O–H groups in total. The average molecular weight is 558 g/mol. The number of carboxylic acid groups (broad SMARTS) is 1. The van der Waals surface area contributed by atoms with E-state index >= 15 is 0 Å². The number of unbranched alkanes of at least 4 members (excludes halogenated alkanes) is 2. The lowest BCUT2D eigenvalue weighted by atomic mass is 10.00. The van der Waals surface area contributed by atoms with Gasteiger partial charge < -0.3 is 29.6 Å². The molecule has 0 saturated carbocycles. The Labute approximate surface area is 238 Å². The number of aliphatic carboxylic acids is 1. The monoisotopic (exact) mass is 557 g/mol. The lowest BCUT2D eigenvalue weighted by Crippen LogP contribution is -2.32. The predicted molar refractivity (Wildman–Crippen MR) is 154 cm³/mol. The van der Waals surface area contributed by atoms with Crippen molar-refractivity contribution in [2.45, 2.75) is 70.2 Å². The van der Waals surface area contributed by atoms with E-state index in [0.29, 0.717) is 44.3 Å². The number of aromatic nitrogens is 2. The van der Waals surface area contributed by atoms with Gasteiger partial charge in [0.05, 0.1) is 42.7 Å². The minimum absolute atomic E-state index is 0.0124. The minimum Gasteiger partial charge on any atom is -0.481 e. The molecule has 0 bridgehead atoms. The first kappa shape index (κ1) is 28.5. The van der Waals surface area contributed by atoms with Crippen LogP contribution in [0, 0.1) is 0 Å². The second-order valence-corrected chi connectivity index (χ2v) is 10.4. The van der Waals surface area contributed by atoms with Gasteiger partial charge in [0.2, 0.25) is 5.91 Å². The summed E-state index contributed by atoms with van der Waals surface area (Å²) in [5.74, 6) is -0.912. The second kappa shape index (κ2) is 13.5. The lowest BCUT2D eigenvalue weighted by molar-refractivity contribution is -0.252. The topological polar surface area (TPSA) is 123 Å². The number of carbonyl (C=O) groups is 2. The number of hydrogen-bond donors (Lipinski definition) is 3. The highest BCUT2D eigenvalue weighted by molar-refractivity contribution is 5.90. The number of amides is 1. The SMILES string of the molecule is O=C(O)CCCCCC(=O)Nc1ccc(C2OC(Cn3cnc4ccccc43)CC(c3ccc(CO)cc3)O2)cc1. The van der Waals surface area contributed by atoms with Crippen molar-refractivity contribution in [3.63, 3.8) is 0 Å². The Balaban J connectivity index is 1.26. The highest BCUT2D eigenvalue weighted by Crippen LogP contribution is 2.39. The summed E-state index contributed by atoms with van der Waals surface area (Å²) in [5, 5.41) is 21.1. The van der Waals surface area contributed by atoms with Crippen LogP contribution < -0.4 is 5.32 Å². The fourth-order valence-corrected chi connectivity index (χ4v) is 5.09. The molecule has 1 fully saturated rings. The molecule has 9 nitrogen and oxygen atoms in total. The van der Waals surface area contributed by atoms with Crippen molar-refractivity contribution in [2.24, 2.45) is 0 Å². The Hall–Kier alpha value is -4.05. The fourth-order valence-electron chi connectivity index (χ4n) is 5.09. The third-order valence-corrected chi connectivity index (χ3v) is 7.30. The number of ether oxygens (including phenoxy) is 2. The summed E-state index contributed by atoms with van der Waals surface area (Å²) < 4.78 is 15.0. The molecule has 5 rings (SSSR count). The number of nitrogens with one attached hydrogen (secondary N) is 1. The lowest BCUT2D eigenvalue weighted by Gasteiger charge is -2.36.